The molecule has 10 heteroatoms. The summed E-state index contributed by atoms with van der Waals surface area (Å²) in [6, 6.07) is 5.70. The first-order chi connectivity index (χ1) is 10.8. The van der Waals surface area contributed by atoms with Crippen LogP contribution in [0.2, 0.25) is 10.0 Å². The van der Waals surface area contributed by atoms with E-state index in [1.165, 1.54) is 12.1 Å². The normalized spacial score (nSPS) is 10.4. The smallest absolute Gasteiger partial charge is 0.318 e. The van der Waals surface area contributed by atoms with E-state index in [-0.39, 0.29) is 28.2 Å². The Hall–Kier alpha value is -2.42. The number of hydrogen-bond acceptors (Lipinski definition) is 6. The minimum absolute atomic E-state index is 0.0363. The maximum absolute atomic E-state index is 11.1. The second kappa shape index (κ2) is 6.78. The Morgan fingerprint density at radius 2 is 1.65 bits per heavy atom. The number of aliphatic hydroxyl groups excluding tert-OH is 1. The van der Waals surface area contributed by atoms with Gasteiger partial charge >= 0.3 is 5.69 Å². The fourth-order valence-corrected chi connectivity index (χ4v) is 2.37. The second-order valence-corrected chi connectivity index (χ2v) is 5.13. The van der Waals surface area contributed by atoms with Gasteiger partial charge in [-0.05, 0) is 23.8 Å². The van der Waals surface area contributed by atoms with Gasteiger partial charge in [-0.15, -0.1) is 0 Å². The molecule has 0 saturated carbocycles. The summed E-state index contributed by atoms with van der Waals surface area (Å²) in [6.45, 7) is -0.294. The Bertz CT molecular complexity index is 773. The molecule has 0 amide bonds. The maximum Gasteiger partial charge on any atom is 0.318 e. The second-order valence-electron chi connectivity index (χ2n) is 4.32. The number of nitrogens with zero attached hydrogens (tertiary/aromatic N) is 2. The topological polar surface area (TPSA) is 116 Å². The lowest BCUT2D eigenvalue weighted by molar-refractivity contribution is -0.394. The fourth-order valence-electron chi connectivity index (χ4n) is 1.76. The van der Waals surface area contributed by atoms with E-state index >= 15 is 0 Å². The van der Waals surface area contributed by atoms with Gasteiger partial charge in [-0.3, -0.25) is 20.2 Å². The molecule has 0 fully saturated rings. The molecule has 23 heavy (non-hydrogen) atoms. The van der Waals surface area contributed by atoms with Gasteiger partial charge in [-0.25, -0.2) is 0 Å². The number of ether oxygens (including phenoxy) is 1. The van der Waals surface area contributed by atoms with Crippen LogP contribution < -0.4 is 4.74 Å². The monoisotopic (exact) mass is 358 g/mol. The molecule has 0 radical (unpaired) electrons. The summed E-state index contributed by atoms with van der Waals surface area (Å²) in [5, 5.41) is 30.9. The SMILES string of the molecule is O=[N+]([O-])c1ccc(Oc2c(Cl)cc(CO)cc2Cl)c([N+](=O)[O-])c1. The zero-order chi connectivity index (χ0) is 17.1. The van der Waals surface area contributed by atoms with Gasteiger partial charge in [-0.2, -0.15) is 0 Å². The molecule has 8 nitrogen and oxygen atoms in total. The molecule has 2 rings (SSSR count). The predicted molar refractivity (Wildman–Crippen MR) is 82.2 cm³/mol. The van der Waals surface area contributed by atoms with Gasteiger partial charge in [-0.1, -0.05) is 23.2 Å². The molecule has 0 heterocycles. The van der Waals surface area contributed by atoms with Crippen molar-refractivity contribution in [2.24, 2.45) is 0 Å². The van der Waals surface area contributed by atoms with E-state index in [2.05, 4.69) is 0 Å². The molecular weight excluding hydrogens is 351 g/mol. The van der Waals surface area contributed by atoms with Gasteiger partial charge in [0.2, 0.25) is 5.75 Å². The van der Waals surface area contributed by atoms with Crippen molar-refractivity contribution in [3.8, 4) is 11.5 Å². The van der Waals surface area contributed by atoms with Crippen LogP contribution in [0.1, 0.15) is 5.56 Å². The molecule has 2 aromatic rings. The zero-order valence-corrected chi connectivity index (χ0v) is 12.7. The highest BCUT2D eigenvalue weighted by Crippen LogP contribution is 2.41. The van der Waals surface area contributed by atoms with Gasteiger partial charge in [0.1, 0.15) is 0 Å². The number of halogens is 2. The van der Waals surface area contributed by atoms with Crippen LogP contribution in [0.4, 0.5) is 11.4 Å². The minimum Gasteiger partial charge on any atom is -0.447 e. The van der Waals surface area contributed by atoms with Crippen molar-refractivity contribution in [3.63, 3.8) is 0 Å². The van der Waals surface area contributed by atoms with Crippen molar-refractivity contribution in [1.29, 1.82) is 0 Å². The number of hydrogen-bond donors (Lipinski definition) is 1. The minimum atomic E-state index is -0.813. The number of non-ortho nitro benzene ring substituents is 1. The maximum atomic E-state index is 11.1. The molecule has 1 N–H and O–H groups in total. The largest absolute Gasteiger partial charge is 0.447 e. The lowest BCUT2D eigenvalue weighted by atomic mass is 10.2. The van der Waals surface area contributed by atoms with Crippen molar-refractivity contribution in [3.05, 3.63) is 66.2 Å². The summed E-state index contributed by atoms with van der Waals surface area (Å²) in [6.07, 6.45) is 0. The molecule has 0 saturated heterocycles. The lowest BCUT2D eigenvalue weighted by Gasteiger charge is -2.11. The van der Waals surface area contributed by atoms with Gasteiger partial charge < -0.3 is 9.84 Å². The summed E-state index contributed by atoms with van der Waals surface area (Å²) in [5.74, 6) is -0.302. The number of benzene rings is 2. The predicted octanol–water partition coefficient (Wildman–Crippen LogP) is 4.09. The van der Waals surface area contributed by atoms with E-state index in [4.69, 9.17) is 33.0 Å². The van der Waals surface area contributed by atoms with Crippen molar-refractivity contribution >= 4 is 34.6 Å². The lowest BCUT2D eigenvalue weighted by Crippen LogP contribution is -1.97. The Morgan fingerprint density at radius 1 is 1.04 bits per heavy atom. The molecule has 0 unspecified atom stereocenters. The Balaban J connectivity index is 2.48. The van der Waals surface area contributed by atoms with Crippen LogP contribution in [0.15, 0.2) is 30.3 Å². The van der Waals surface area contributed by atoms with Crippen LogP contribution >= 0.6 is 23.2 Å². The van der Waals surface area contributed by atoms with Crippen molar-refractivity contribution in [2.75, 3.05) is 0 Å². The Kier molecular flexibility index (Phi) is 4.99. The number of nitro benzene ring substituents is 2. The molecule has 0 aliphatic heterocycles. The molecule has 0 spiro atoms. The molecule has 0 atom stereocenters. The summed E-state index contributed by atoms with van der Waals surface area (Å²) in [5.41, 5.74) is -0.611. The first-order valence-electron chi connectivity index (χ1n) is 6.03. The first-order valence-corrected chi connectivity index (χ1v) is 6.78. The highest BCUT2D eigenvalue weighted by Gasteiger charge is 2.22. The Labute approximate surface area is 139 Å². The number of nitro groups is 2. The average molecular weight is 359 g/mol. The van der Waals surface area contributed by atoms with Gasteiger partial charge in [0.25, 0.3) is 5.69 Å². The summed E-state index contributed by atoms with van der Waals surface area (Å²) in [7, 11) is 0. The zero-order valence-electron chi connectivity index (χ0n) is 11.2. The quantitative estimate of drug-likeness (QED) is 0.635. The summed E-state index contributed by atoms with van der Waals surface area (Å²) in [4.78, 5) is 20.2. The third kappa shape index (κ3) is 3.67. The molecular formula is C13H8Cl2N2O6. The van der Waals surface area contributed by atoms with Crippen molar-refractivity contribution in [2.45, 2.75) is 6.61 Å². The standard InChI is InChI=1S/C13H8Cl2N2O6/c14-9-3-7(6-18)4-10(15)13(9)23-12-2-1-8(16(19)20)5-11(12)17(21)22/h1-5,18H,6H2. The van der Waals surface area contributed by atoms with Gasteiger partial charge in [0.05, 0.1) is 32.6 Å². The van der Waals surface area contributed by atoms with Crippen molar-refractivity contribution in [1.82, 2.24) is 0 Å². The van der Waals surface area contributed by atoms with E-state index < -0.39 is 21.2 Å². The number of rotatable bonds is 5. The van der Waals surface area contributed by atoms with E-state index in [1.807, 2.05) is 0 Å². The van der Waals surface area contributed by atoms with Crippen LogP contribution in [-0.4, -0.2) is 15.0 Å². The summed E-state index contributed by atoms with van der Waals surface area (Å²) < 4.78 is 5.36. The van der Waals surface area contributed by atoms with E-state index in [0.29, 0.717) is 5.56 Å². The highest BCUT2D eigenvalue weighted by molar-refractivity contribution is 6.37. The first kappa shape index (κ1) is 16.9. The van der Waals surface area contributed by atoms with Crippen LogP contribution in [0.3, 0.4) is 0 Å². The fraction of sp³-hybridized carbons (Fsp3) is 0.0769. The Morgan fingerprint density at radius 3 is 2.13 bits per heavy atom. The highest BCUT2D eigenvalue weighted by atomic mass is 35.5. The molecule has 0 bridgehead atoms. The van der Waals surface area contributed by atoms with Gasteiger partial charge in [0, 0.05) is 6.07 Å². The third-order valence-electron chi connectivity index (χ3n) is 2.80. The van der Waals surface area contributed by atoms with Crippen LogP contribution in [0, 0.1) is 20.2 Å². The van der Waals surface area contributed by atoms with Crippen LogP contribution in [0.5, 0.6) is 11.5 Å². The molecule has 120 valence electrons. The van der Waals surface area contributed by atoms with Gasteiger partial charge in [0.15, 0.2) is 5.75 Å². The van der Waals surface area contributed by atoms with E-state index in [1.54, 1.807) is 0 Å². The van der Waals surface area contributed by atoms with Crippen molar-refractivity contribution < 1.29 is 19.7 Å². The number of aliphatic hydroxyl groups is 1. The van der Waals surface area contributed by atoms with Crippen LogP contribution in [-0.2, 0) is 6.61 Å². The molecule has 2 aromatic carbocycles. The van der Waals surface area contributed by atoms with E-state index in [0.717, 1.165) is 18.2 Å². The molecule has 0 aromatic heterocycles. The molecule has 0 aliphatic carbocycles. The summed E-state index contributed by atoms with van der Waals surface area (Å²) >= 11 is 12.0. The average Bonchev–Trinajstić information content (AvgIpc) is 2.50. The van der Waals surface area contributed by atoms with E-state index in [9.17, 15) is 20.2 Å². The van der Waals surface area contributed by atoms with Crippen LogP contribution in [0.25, 0.3) is 0 Å². The molecule has 0 aliphatic rings. The third-order valence-corrected chi connectivity index (χ3v) is 3.36.